The van der Waals surface area contributed by atoms with Crippen molar-refractivity contribution in [1.82, 2.24) is 14.5 Å². The summed E-state index contributed by atoms with van der Waals surface area (Å²) >= 11 is 5.95. The number of hydrogen-bond donors (Lipinski definition) is 0. The van der Waals surface area contributed by atoms with E-state index in [0.29, 0.717) is 11.4 Å². The normalized spacial score (nSPS) is 16.7. The Bertz CT molecular complexity index is 610. The number of ether oxygens (including phenoxy) is 1. The summed E-state index contributed by atoms with van der Waals surface area (Å²) in [5.41, 5.74) is 1.24. The molecule has 0 spiro atoms. The molecule has 0 radical (unpaired) electrons. The fourth-order valence-corrected chi connectivity index (χ4v) is 2.99. The maximum atomic E-state index is 13.8. The summed E-state index contributed by atoms with van der Waals surface area (Å²) in [6, 6.07) is 5.05. The number of morpholine rings is 1. The molecule has 0 saturated carbocycles. The number of halogens is 2. The van der Waals surface area contributed by atoms with Crippen molar-refractivity contribution in [2.45, 2.75) is 18.8 Å². The Labute approximate surface area is 128 Å². The zero-order valence-corrected chi connectivity index (χ0v) is 12.7. The Hall–Kier alpha value is -1.17. The van der Waals surface area contributed by atoms with Gasteiger partial charge in [0.05, 0.1) is 24.6 Å². The van der Waals surface area contributed by atoms with Crippen molar-refractivity contribution in [1.29, 1.82) is 0 Å². The van der Waals surface area contributed by atoms with Crippen LogP contribution in [0.2, 0.25) is 0 Å². The van der Waals surface area contributed by atoms with Crippen molar-refractivity contribution < 1.29 is 9.13 Å². The molecule has 0 N–H and O–H groups in total. The predicted molar refractivity (Wildman–Crippen MR) is 81.1 cm³/mol. The number of aromatic nitrogens is 2. The summed E-state index contributed by atoms with van der Waals surface area (Å²) in [5.74, 6) is 0.746. The first-order valence-corrected chi connectivity index (χ1v) is 7.83. The molecule has 0 amide bonds. The molecule has 0 aliphatic carbocycles. The van der Waals surface area contributed by atoms with Gasteiger partial charge in [-0.3, -0.25) is 4.90 Å². The van der Waals surface area contributed by atoms with Crippen LogP contribution in [0.25, 0.3) is 11.0 Å². The second kappa shape index (κ2) is 6.73. The van der Waals surface area contributed by atoms with Crippen LogP contribution in [0.15, 0.2) is 18.2 Å². The lowest BCUT2D eigenvalue weighted by Gasteiger charge is -2.26. The molecule has 2 aromatic rings. The summed E-state index contributed by atoms with van der Waals surface area (Å²) in [7, 11) is 0. The fraction of sp³-hybridized carbons (Fsp3) is 0.533. The quantitative estimate of drug-likeness (QED) is 0.795. The Morgan fingerprint density at radius 3 is 2.81 bits per heavy atom. The molecule has 1 saturated heterocycles. The molecule has 1 aliphatic rings. The third-order valence-corrected chi connectivity index (χ3v) is 4.13. The lowest BCUT2D eigenvalue weighted by atomic mass is 10.3. The minimum Gasteiger partial charge on any atom is -0.379 e. The molecule has 114 valence electrons. The first kappa shape index (κ1) is 14.8. The third kappa shape index (κ3) is 3.20. The summed E-state index contributed by atoms with van der Waals surface area (Å²) in [6.45, 7) is 5.42. The molecule has 1 aromatic heterocycles. The Kier molecular flexibility index (Phi) is 4.73. The molecule has 0 bridgehead atoms. The van der Waals surface area contributed by atoms with Gasteiger partial charge in [-0.1, -0.05) is 6.07 Å². The van der Waals surface area contributed by atoms with Gasteiger partial charge in [-0.25, -0.2) is 9.37 Å². The van der Waals surface area contributed by atoms with Crippen molar-refractivity contribution in [2.75, 3.05) is 32.8 Å². The van der Waals surface area contributed by atoms with Crippen LogP contribution < -0.4 is 0 Å². The summed E-state index contributed by atoms with van der Waals surface area (Å²) in [4.78, 5) is 6.71. The van der Waals surface area contributed by atoms with Gasteiger partial charge in [-0.15, -0.1) is 11.6 Å². The third-order valence-electron chi connectivity index (χ3n) is 3.89. The van der Waals surface area contributed by atoms with E-state index in [9.17, 15) is 4.39 Å². The number of fused-ring (bicyclic) bond motifs is 1. The monoisotopic (exact) mass is 311 g/mol. The molecule has 6 heteroatoms. The molecule has 1 aliphatic heterocycles. The topological polar surface area (TPSA) is 30.3 Å². The number of nitrogens with zero attached hydrogens (tertiary/aromatic N) is 3. The average Bonchev–Trinajstić information content (AvgIpc) is 2.88. The molecule has 3 rings (SSSR count). The SMILES string of the molecule is Fc1cccc2c1nc(CCl)n2CCCN1CCOCC1. The maximum absolute atomic E-state index is 13.8. The first-order chi connectivity index (χ1) is 10.3. The largest absolute Gasteiger partial charge is 0.379 e. The summed E-state index contributed by atoms with van der Waals surface area (Å²) in [6.07, 6.45) is 0.992. The van der Waals surface area contributed by atoms with Gasteiger partial charge in [0.1, 0.15) is 11.3 Å². The standard InChI is InChI=1S/C15H19ClFN3O/c16-11-14-18-15-12(17)3-1-4-13(15)20(14)6-2-5-19-7-9-21-10-8-19/h1,3-4H,2,5-11H2. The van der Waals surface area contributed by atoms with E-state index < -0.39 is 0 Å². The minimum atomic E-state index is -0.286. The van der Waals surface area contributed by atoms with Crippen molar-refractivity contribution in [2.24, 2.45) is 0 Å². The van der Waals surface area contributed by atoms with E-state index in [-0.39, 0.29) is 5.82 Å². The molecule has 0 atom stereocenters. The van der Waals surface area contributed by atoms with Gasteiger partial charge in [0.25, 0.3) is 0 Å². The highest BCUT2D eigenvalue weighted by Crippen LogP contribution is 2.20. The Morgan fingerprint density at radius 2 is 2.05 bits per heavy atom. The van der Waals surface area contributed by atoms with Crippen LogP contribution in [0, 0.1) is 5.82 Å². The van der Waals surface area contributed by atoms with E-state index in [4.69, 9.17) is 16.3 Å². The lowest BCUT2D eigenvalue weighted by molar-refractivity contribution is 0.0369. The Morgan fingerprint density at radius 1 is 1.24 bits per heavy atom. The molecule has 1 aromatic carbocycles. The van der Waals surface area contributed by atoms with Crippen molar-refractivity contribution in [3.63, 3.8) is 0 Å². The summed E-state index contributed by atoms with van der Waals surface area (Å²) < 4.78 is 21.2. The molecular formula is C15H19ClFN3O. The van der Waals surface area contributed by atoms with Crippen LogP contribution in [-0.2, 0) is 17.2 Å². The fourth-order valence-electron chi connectivity index (χ4n) is 2.79. The van der Waals surface area contributed by atoms with Gasteiger partial charge in [0.15, 0.2) is 5.82 Å². The number of hydrogen-bond acceptors (Lipinski definition) is 3. The van der Waals surface area contributed by atoms with Crippen LogP contribution in [-0.4, -0.2) is 47.3 Å². The first-order valence-electron chi connectivity index (χ1n) is 7.29. The van der Waals surface area contributed by atoms with Crippen LogP contribution in [0.5, 0.6) is 0 Å². The van der Waals surface area contributed by atoms with Crippen molar-refractivity contribution in [3.8, 4) is 0 Å². The molecular weight excluding hydrogens is 293 g/mol. The Balaban J connectivity index is 1.72. The number of alkyl halides is 1. The number of rotatable bonds is 5. The molecule has 4 nitrogen and oxygen atoms in total. The zero-order chi connectivity index (χ0) is 14.7. The second-order valence-corrected chi connectivity index (χ2v) is 5.50. The van der Waals surface area contributed by atoms with Gasteiger partial charge in [0, 0.05) is 26.2 Å². The second-order valence-electron chi connectivity index (χ2n) is 5.23. The highest BCUT2D eigenvalue weighted by Gasteiger charge is 2.14. The van der Waals surface area contributed by atoms with Crippen LogP contribution in [0.1, 0.15) is 12.2 Å². The number of para-hydroxylation sites is 1. The molecule has 1 fully saturated rings. The highest BCUT2D eigenvalue weighted by molar-refractivity contribution is 6.16. The molecule has 21 heavy (non-hydrogen) atoms. The van der Waals surface area contributed by atoms with Gasteiger partial charge in [0.2, 0.25) is 0 Å². The van der Waals surface area contributed by atoms with Gasteiger partial charge in [-0.2, -0.15) is 0 Å². The molecule has 0 unspecified atom stereocenters. The van der Waals surface area contributed by atoms with E-state index in [0.717, 1.165) is 57.2 Å². The van der Waals surface area contributed by atoms with Gasteiger partial charge >= 0.3 is 0 Å². The van der Waals surface area contributed by atoms with E-state index in [2.05, 4.69) is 9.88 Å². The van der Waals surface area contributed by atoms with Crippen molar-refractivity contribution >= 4 is 22.6 Å². The van der Waals surface area contributed by atoms with Crippen LogP contribution in [0.4, 0.5) is 4.39 Å². The van der Waals surface area contributed by atoms with Gasteiger partial charge < -0.3 is 9.30 Å². The van der Waals surface area contributed by atoms with Crippen molar-refractivity contribution in [3.05, 3.63) is 29.8 Å². The van der Waals surface area contributed by atoms with Crippen LogP contribution in [0.3, 0.4) is 0 Å². The number of aryl methyl sites for hydroxylation is 1. The summed E-state index contributed by atoms with van der Waals surface area (Å²) in [5, 5.41) is 0. The minimum absolute atomic E-state index is 0.286. The zero-order valence-electron chi connectivity index (χ0n) is 11.9. The smallest absolute Gasteiger partial charge is 0.151 e. The molecule has 2 heterocycles. The van der Waals surface area contributed by atoms with E-state index in [1.54, 1.807) is 6.07 Å². The lowest BCUT2D eigenvalue weighted by Crippen LogP contribution is -2.37. The number of benzene rings is 1. The number of imidazole rings is 1. The van der Waals surface area contributed by atoms with E-state index in [1.165, 1.54) is 6.07 Å². The maximum Gasteiger partial charge on any atom is 0.151 e. The predicted octanol–water partition coefficient (Wildman–Crippen LogP) is 2.64. The van der Waals surface area contributed by atoms with Gasteiger partial charge in [-0.05, 0) is 18.6 Å². The average molecular weight is 312 g/mol. The highest BCUT2D eigenvalue weighted by atomic mass is 35.5. The van der Waals surface area contributed by atoms with E-state index in [1.807, 2.05) is 10.6 Å². The van der Waals surface area contributed by atoms with E-state index >= 15 is 0 Å². The van der Waals surface area contributed by atoms with Crippen LogP contribution >= 0.6 is 11.6 Å².